The van der Waals surface area contributed by atoms with Crippen molar-refractivity contribution in [1.29, 1.82) is 0 Å². The Morgan fingerprint density at radius 3 is 2.93 bits per heavy atom. The molecule has 5 heteroatoms. The number of nitrogens with one attached hydrogen (secondary N) is 1. The molecule has 1 unspecified atom stereocenters. The van der Waals surface area contributed by atoms with E-state index in [-0.39, 0.29) is 12.5 Å². The van der Waals surface area contributed by atoms with Crippen LogP contribution in [0.2, 0.25) is 0 Å². The van der Waals surface area contributed by atoms with Gasteiger partial charge in [-0.15, -0.1) is 0 Å². The van der Waals surface area contributed by atoms with E-state index in [9.17, 15) is 4.79 Å². The molecule has 0 aliphatic carbocycles. The summed E-state index contributed by atoms with van der Waals surface area (Å²) in [6, 6.07) is 0. The van der Waals surface area contributed by atoms with Crippen molar-refractivity contribution in [3.8, 4) is 0 Å². The molecule has 2 N–H and O–H groups in total. The summed E-state index contributed by atoms with van der Waals surface area (Å²) in [7, 11) is 0. The Kier molecular flexibility index (Phi) is 7.30. The van der Waals surface area contributed by atoms with Gasteiger partial charge in [0.2, 0.25) is 5.91 Å². The molecule has 1 fully saturated rings. The van der Waals surface area contributed by atoms with Crippen molar-refractivity contribution in [2.45, 2.75) is 24.5 Å². The first-order chi connectivity index (χ1) is 7.33. The third-order valence-electron chi connectivity index (χ3n) is 2.22. The van der Waals surface area contributed by atoms with E-state index in [1.165, 1.54) is 11.5 Å². The molecule has 0 bridgehead atoms. The molecule has 1 aliphatic heterocycles. The van der Waals surface area contributed by atoms with Crippen LogP contribution in [-0.4, -0.2) is 46.7 Å². The highest BCUT2D eigenvalue weighted by Crippen LogP contribution is 2.23. The normalized spacial score (nSPS) is 21.3. The second-order valence-electron chi connectivity index (χ2n) is 3.55. The monoisotopic (exact) mass is 249 g/mol. The van der Waals surface area contributed by atoms with Crippen molar-refractivity contribution in [2.24, 2.45) is 0 Å². The molecule has 0 aromatic carbocycles. The minimum Gasteiger partial charge on any atom is -0.396 e. The summed E-state index contributed by atoms with van der Waals surface area (Å²) in [6.45, 7) is 0.984. The Bertz CT molecular complexity index is 184. The molecule has 1 heterocycles. The van der Waals surface area contributed by atoms with Crippen molar-refractivity contribution >= 4 is 29.4 Å². The lowest BCUT2D eigenvalue weighted by molar-refractivity contribution is -0.121. The minimum atomic E-state index is 0.125. The first kappa shape index (κ1) is 13.2. The van der Waals surface area contributed by atoms with E-state index in [0.29, 0.717) is 11.7 Å². The average Bonchev–Trinajstić information content (AvgIpc) is 2.28. The number of carbonyl (C=O) groups is 1. The Labute approximate surface area is 99.8 Å². The van der Waals surface area contributed by atoms with Gasteiger partial charge in [-0.3, -0.25) is 4.79 Å². The standard InChI is InChI=1S/C10H19NO2S2/c12-4-2-1-3-10(13)11-7-9-8-14-5-6-15-9/h9,12H,1-8H2,(H,11,13). The van der Waals surface area contributed by atoms with Crippen molar-refractivity contribution in [3.63, 3.8) is 0 Å². The molecule has 88 valence electrons. The second-order valence-corrected chi connectivity index (χ2v) is 6.11. The maximum Gasteiger partial charge on any atom is 0.220 e. The number of rotatable bonds is 6. The number of amides is 1. The molecule has 0 aromatic rings. The highest BCUT2D eigenvalue weighted by molar-refractivity contribution is 8.06. The number of hydrogen-bond acceptors (Lipinski definition) is 4. The van der Waals surface area contributed by atoms with Gasteiger partial charge in [0.15, 0.2) is 0 Å². The molecule has 0 spiro atoms. The maximum absolute atomic E-state index is 11.4. The summed E-state index contributed by atoms with van der Waals surface area (Å²) in [5.74, 6) is 3.72. The lowest BCUT2D eigenvalue weighted by Gasteiger charge is -2.21. The number of aliphatic hydroxyl groups is 1. The summed E-state index contributed by atoms with van der Waals surface area (Å²) >= 11 is 3.93. The van der Waals surface area contributed by atoms with Gasteiger partial charge in [0.25, 0.3) is 0 Å². The fourth-order valence-corrected chi connectivity index (χ4v) is 3.98. The number of hydrogen-bond donors (Lipinski definition) is 2. The number of aliphatic hydroxyl groups excluding tert-OH is 1. The highest BCUT2D eigenvalue weighted by atomic mass is 32.2. The van der Waals surface area contributed by atoms with E-state index < -0.39 is 0 Å². The summed E-state index contributed by atoms with van der Waals surface area (Å²) in [5, 5.41) is 12.1. The quantitative estimate of drug-likeness (QED) is 0.693. The van der Waals surface area contributed by atoms with E-state index in [1.54, 1.807) is 0 Å². The van der Waals surface area contributed by atoms with Crippen molar-refractivity contribution in [3.05, 3.63) is 0 Å². The molecule has 1 saturated heterocycles. The van der Waals surface area contributed by atoms with Gasteiger partial charge >= 0.3 is 0 Å². The molecule has 1 amide bonds. The number of thioether (sulfide) groups is 2. The van der Waals surface area contributed by atoms with Gasteiger partial charge in [0.1, 0.15) is 0 Å². The summed E-state index contributed by atoms with van der Waals surface area (Å²) < 4.78 is 0. The van der Waals surface area contributed by atoms with Crippen LogP contribution >= 0.6 is 23.5 Å². The summed E-state index contributed by atoms with van der Waals surface area (Å²) in [4.78, 5) is 11.4. The molecule has 15 heavy (non-hydrogen) atoms. The van der Waals surface area contributed by atoms with Gasteiger partial charge in [0, 0.05) is 42.1 Å². The lowest BCUT2D eigenvalue weighted by Crippen LogP contribution is -2.33. The summed E-state index contributed by atoms with van der Waals surface area (Å²) in [6.07, 6.45) is 2.06. The first-order valence-electron chi connectivity index (χ1n) is 5.40. The first-order valence-corrected chi connectivity index (χ1v) is 7.60. The predicted octanol–water partition coefficient (Wildman–Crippen LogP) is 1.11. The van der Waals surface area contributed by atoms with Gasteiger partial charge in [0.05, 0.1) is 0 Å². The fourth-order valence-electron chi connectivity index (χ4n) is 1.37. The van der Waals surface area contributed by atoms with E-state index in [0.717, 1.165) is 25.1 Å². The zero-order chi connectivity index (χ0) is 10.9. The van der Waals surface area contributed by atoms with Crippen molar-refractivity contribution in [2.75, 3.05) is 30.4 Å². The minimum absolute atomic E-state index is 0.125. The Balaban J connectivity index is 2.00. The Morgan fingerprint density at radius 2 is 2.27 bits per heavy atom. The fraction of sp³-hybridized carbons (Fsp3) is 0.900. The molecule has 1 aliphatic rings. The highest BCUT2D eigenvalue weighted by Gasteiger charge is 2.14. The molecular weight excluding hydrogens is 230 g/mol. The van der Waals surface area contributed by atoms with Crippen LogP contribution in [0.1, 0.15) is 19.3 Å². The molecule has 0 saturated carbocycles. The molecular formula is C10H19NO2S2. The molecule has 3 nitrogen and oxygen atoms in total. The Morgan fingerprint density at radius 1 is 1.40 bits per heavy atom. The van der Waals surface area contributed by atoms with Gasteiger partial charge in [-0.1, -0.05) is 0 Å². The third-order valence-corrected chi connectivity index (χ3v) is 5.07. The zero-order valence-corrected chi connectivity index (χ0v) is 10.5. The van der Waals surface area contributed by atoms with Crippen LogP contribution in [0.15, 0.2) is 0 Å². The van der Waals surface area contributed by atoms with E-state index >= 15 is 0 Å². The molecule has 1 atom stereocenters. The zero-order valence-electron chi connectivity index (χ0n) is 8.91. The largest absolute Gasteiger partial charge is 0.396 e. The van der Waals surface area contributed by atoms with Gasteiger partial charge in [-0.25, -0.2) is 0 Å². The SMILES string of the molecule is O=C(CCCCO)NCC1CSCCS1. The smallest absolute Gasteiger partial charge is 0.220 e. The second kappa shape index (κ2) is 8.30. The molecule has 1 rings (SSSR count). The van der Waals surface area contributed by atoms with E-state index in [1.807, 2.05) is 23.5 Å². The molecule has 0 radical (unpaired) electrons. The predicted molar refractivity (Wildman–Crippen MR) is 67.5 cm³/mol. The Hall–Kier alpha value is 0.130. The van der Waals surface area contributed by atoms with Crippen molar-refractivity contribution in [1.82, 2.24) is 5.32 Å². The lowest BCUT2D eigenvalue weighted by atomic mass is 10.2. The van der Waals surface area contributed by atoms with Gasteiger partial charge in [-0.05, 0) is 12.8 Å². The van der Waals surface area contributed by atoms with Crippen LogP contribution in [-0.2, 0) is 4.79 Å². The number of carbonyl (C=O) groups excluding carboxylic acids is 1. The average molecular weight is 249 g/mol. The topological polar surface area (TPSA) is 49.3 Å². The number of unbranched alkanes of at least 4 members (excludes halogenated alkanes) is 1. The van der Waals surface area contributed by atoms with E-state index in [4.69, 9.17) is 5.11 Å². The van der Waals surface area contributed by atoms with Crippen LogP contribution in [0.3, 0.4) is 0 Å². The summed E-state index contributed by atoms with van der Waals surface area (Å²) in [5.41, 5.74) is 0. The maximum atomic E-state index is 11.4. The van der Waals surface area contributed by atoms with Gasteiger partial charge < -0.3 is 10.4 Å². The molecule has 0 aromatic heterocycles. The van der Waals surface area contributed by atoms with E-state index in [2.05, 4.69) is 5.32 Å². The van der Waals surface area contributed by atoms with Crippen LogP contribution < -0.4 is 5.32 Å². The van der Waals surface area contributed by atoms with Crippen molar-refractivity contribution < 1.29 is 9.90 Å². The third kappa shape index (κ3) is 6.33. The van der Waals surface area contributed by atoms with Gasteiger partial charge in [-0.2, -0.15) is 23.5 Å². The van der Waals surface area contributed by atoms with Crippen LogP contribution in [0.25, 0.3) is 0 Å². The van der Waals surface area contributed by atoms with Crippen LogP contribution in [0.5, 0.6) is 0 Å². The van der Waals surface area contributed by atoms with Crippen LogP contribution in [0.4, 0.5) is 0 Å². The van der Waals surface area contributed by atoms with Crippen LogP contribution in [0, 0.1) is 0 Å².